The lowest BCUT2D eigenvalue weighted by Crippen LogP contribution is -2.54. The van der Waals surface area contributed by atoms with E-state index in [-0.39, 0.29) is 36.4 Å². The van der Waals surface area contributed by atoms with Crippen LogP contribution < -0.4 is 15.2 Å². The Hall–Kier alpha value is -3.47. The Morgan fingerprint density at radius 1 is 1.03 bits per heavy atom. The Balaban J connectivity index is 1.35. The third kappa shape index (κ3) is 5.35. The number of nitrogens with zero attached hydrogens (tertiary/aromatic N) is 3. The van der Waals surface area contributed by atoms with Gasteiger partial charge in [-0.05, 0) is 36.2 Å². The van der Waals surface area contributed by atoms with Crippen LogP contribution in [0.25, 0.3) is 0 Å². The molecule has 36 heavy (non-hydrogen) atoms. The van der Waals surface area contributed by atoms with Gasteiger partial charge in [0.15, 0.2) is 11.6 Å². The Bertz CT molecular complexity index is 1150. The molecule has 3 amide bonds. The first-order valence-corrected chi connectivity index (χ1v) is 11.6. The molecule has 194 valence electrons. The zero-order valence-corrected chi connectivity index (χ0v) is 20.2. The maximum absolute atomic E-state index is 13.9. The third-order valence-corrected chi connectivity index (χ3v) is 6.64. The van der Waals surface area contributed by atoms with Crippen molar-refractivity contribution >= 4 is 11.9 Å². The highest BCUT2D eigenvalue weighted by atomic mass is 19.2. The molecule has 1 unspecified atom stereocenters. The summed E-state index contributed by atoms with van der Waals surface area (Å²) >= 11 is 0. The predicted molar refractivity (Wildman–Crippen MR) is 125 cm³/mol. The van der Waals surface area contributed by atoms with E-state index in [0.29, 0.717) is 50.3 Å². The molecule has 11 heteroatoms. The van der Waals surface area contributed by atoms with Crippen LogP contribution in [0.2, 0.25) is 0 Å². The molecule has 2 heterocycles. The van der Waals surface area contributed by atoms with Crippen LogP contribution in [0.3, 0.4) is 0 Å². The first-order chi connectivity index (χ1) is 17.2. The smallest absolute Gasteiger partial charge is 0.320 e. The van der Waals surface area contributed by atoms with Crippen molar-refractivity contribution in [1.29, 1.82) is 0 Å². The Kier molecular flexibility index (Phi) is 7.58. The summed E-state index contributed by atoms with van der Waals surface area (Å²) in [7, 11) is 3.13. The summed E-state index contributed by atoms with van der Waals surface area (Å²) in [6.07, 6.45) is -0.184. The van der Waals surface area contributed by atoms with Crippen molar-refractivity contribution in [3.63, 3.8) is 0 Å². The average Bonchev–Trinajstić information content (AvgIpc) is 3.16. The molecule has 0 spiro atoms. The standard InChI is InChI=1S/C25H29F3N4O4/c1-35-19-3-4-23(36-2)16(8-19)12-31-14-18-13-30(5-6-32(18)25(31)34)24(33)10-17(29)7-15-9-21(27)22(28)11-20(15)26/h3-4,8-9,11,17-18H,5-7,10,12-14,29H2,1-2H3/t17-,18?/m1/s1. The zero-order chi connectivity index (χ0) is 26.0. The second kappa shape index (κ2) is 10.7. The van der Waals surface area contributed by atoms with E-state index in [1.54, 1.807) is 41.1 Å². The van der Waals surface area contributed by atoms with Gasteiger partial charge in [0.1, 0.15) is 17.3 Å². The fourth-order valence-electron chi connectivity index (χ4n) is 4.78. The number of amides is 3. The summed E-state index contributed by atoms with van der Waals surface area (Å²) in [6.45, 7) is 1.86. The number of carbonyl (C=O) groups excluding carboxylic acids is 2. The Labute approximate surface area is 207 Å². The number of halogens is 3. The van der Waals surface area contributed by atoms with Crippen LogP contribution in [-0.2, 0) is 17.8 Å². The van der Waals surface area contributed by atoms with Crippen LogP contribution in [0.1, 0.15) is 17.5 Å². The highest BCUT2D eigenvalue weighted by molar-refractivity contribution is 5.80. The number of piperazine rings is 1. The van der Waals surface area contributed by atoms with Gasteiger partial charge < -0.3 is 29.9 Å². The highest BCUT2D eigenvalue weighted by Gasteiger charge is 2.41. The van der Waals surface area contributed by atoms with Crippen LogP contribution in [0.4, 0.5) is 18.0 Å². The lowest BCUT2D eigenvalue weighted by Gasteiger charge is -2.36. The van der Waals surface area contributed by atoms with Gasteiger partial charge in [0, 0.05) is 50.3 Å². The van der Waals surface area contributed by atoms with E-state index in [2.05, 4.69) is 0 Å². The van der Waals surface area contributed by atoms with Gasteiger partial charge >= 0.3 is 6.03 Å². The quantitative estimate of drug-likeness (QED) is 0.556. The Morgan fingerprint density at radius 3 is 2.50 bits per heavy atom. The molecule has 2 aromatic rings. The molecular weight excluding hydrogens is 477 g/mol. The molecular formula is C25H29F3N4O4. The van der Waals surface area contributed by atoms with Crippen molar-refractivity contribution in [2.24, 2.45) is 5.73 Å². The van der Waals surface area contributed by atoms with Crippen molar-refractivity contribution in [3.05, 3.63) is 58.9 Å². The number of benzene rings is 2. The highest BCUT2D eigenvalue weighted by Crippen LogP contribution is 2.29. The summed E-state index contributed by atoms with van der Waals surface area (Å²) in [6, 6.07) is 5.60. The molecule has 2 N–H and O–H groups in total. The lowest BCUT2D eigenvalue weighted by molar-refractivity contribution is -0.133. The molecule has 0 saturated carbocycles. The van der Waals surface area contributed by atoms with Crippen LogP contribution in [0.15, 0.2) is 30.3 Å². The molecule has 8 nitrogen and oxygen atoms in total. The third-order valence-electron chi connectivity index (χ3n) is 6.64. The minimum Gasteiger partial charge on any atom is -0.497 e. The van der Waals surface area contributed by atoms with Crippen LogP contribution in [0.5, 0.6) is 11.5 Å². The molecule has 0 aromatic heterocycles. The van der Waals surface area contributed by atoms with Crippen LogP contribution in [0, 0.1) is 17.5 Å². The van der Waals surface area contributed by atoms with Gasteiger partial charge in [0.2, 0.25) is 5.91 Å². The van der Waals surface area contributed by atoms with Crippen LogP contribution in [-0.4, -0.2) is 79.1 Å². The summed E-state index contributed by atoms with van der Waals surface area (Å²) in [5.41, 5.74) is 6.77. The first kappa shape index (κ1) is 25.6. The average molecular weight is 507 g/mol. The molecule has 2 aromatic carbocycles. The number of hydrogen-bond donors (Lipinski definition) is 1. The number of fused-ring (bicyclic) bond motifs is 1. The van der Waals surface area contributed by atoms with Gasteiger partial charge in [-0.2, -0.15) is 0 Å². The molecule has 0 radical (unpaired) electrons. The van der Waals surface area contributed by atoms with Gasteiger partial charge in [-0.15, -0.1) is 0 Å². The number of hydrogen-bond acceptors (Lipinski definition) is 5. The van der Waals surface area contributed by atoms with E-state index in [0.717, 1.165) is 11.6 Å². The molecule has 2 aliphatic rings. The molecule has 4 rings (SSSR count). The Morgan fingerprint density at radius 2 is 1.78 bits per heavy atom. The molecule has 2 aliphatic heterocycles. The fraction of sp³-hybridized carbons (Fsp3) is 0.440. The maximum Gasteiger partial charge on any atom is 0.320 e. The SMILES string of the molecule is COc1ccc(OC)c(CN2CC3CN(C(=O)C[C@H](N)Cc4cc(F)c(F)cc4F)CCN3C2=O)c1. The second-order valence-corrected chi connectivity index (χ2v) is 9.05. The zero-order valence-electron chi connectivity index (χ0n) is 20.2. The summed E-state index contributed by atoms with van der Waals surface area (Å²) in [5.74, 6) is -2.26. The normalized spacial score (nSPS) is 18.3. The fourth-order valence-corrected chi connectivity index (χ4v) is 4.78. The summed E-state index contributed by atoms with van der Waals surface area (Å²) in [5, 5.41) is 0. The number of urea groups is 1. The van der Waals surface area contributed by atoms with Gasteiger partial charge in [0.05, 0.1) is 26.8 Å². The number of nitrogens with two attached hydrogens (primary N) is 1. The second-order valence-electron chi connectivity index (χ2n) is 9.05. The van der Waals surface area contributed by atoms with E-state index in [1.807, 2.05) is 6.07 Å². The molecule has 0 bridgehead atoms. The minimum atomic E-state index is -1.27. The van der Waals surface area contributed by atoms with Crippen molar-refractivity contribution in [1.82, 2.24) is 14.7 Å². The van der Waals surface area contributed by atoms with Crippen molar-refractivity contribution in [3.8, 4) is 11.5 Å². The monoisotopic (exact) mass is 506 g/mol. The van der Waals surface area contributed by atoms with E-state index in [1.165, 1.54) is 0 Å². The number of methoxy groups -OCH3 is 2. The first-order valence-electron chi connectivity index (χ1n) is 11.6. The van der Waals surface area contributed by atoms with Gasteiger partial charge in [-0.25, -0.2) is 18.0 Å². The maximum atomic E-state index is 13.9. The molecule has 2 fully saturated rings. The van der Waals surface area contributed by atoms with E-state index in [9.17, 15) is 22.8 Å². The van der Waals surface area contributed by atoms with E-state index >= 15 is 0 Å². The van der Waals surface area contributed by atoms with E-state index in [4.69, 9.17) is 15.2 Å². The molecule has 2 atom stereocenters. The van der Waals surface area contributed by atoms with Crippen molar-refractivity contribution in [2.45, 2.75) is 31.5 Å². The predicted octanol–water partition coefficient (Wildman–Crippen LogP) is 2.53. The largest absolute Gasteiger partial charge is 0.497 e. The lowest BCUT2D eigenvalue weighted by atomic mass is 10.0. The van der Waals surface area contributed by atoms with Crippen molar-refractivity contribution < 1.29 is 32.2 Å². The number of carbonyl (C=O) groups is 2. The molecule has 2 saturated heterocycles. The van der Waals surface area contributed by atoms with Crippen LogP contribution >= 0.6 is 0 Å². The summed E-state index contributed by atoms with van der Waals surface area (Å²) in [4.78, 5) is 31.0. The van der Waals surface area contributed by atoms with Gasteiger partial charge in [-0.3, -0.25) is 4.79 Å². The van der Waals surface area contributed by atoms with Gasteiger partial charge in [0.25, 0.3) is 0 Å². The van der Waals surface area contributed by atoms with E-state index < -0.39 is 23.5 Å². The number of rotatable bonds is 8. The topological polar surface area (TPSA) is 88.3 Å². The summed E-state index contributed by atoms with van der Waals surface area (Å²) < 4.78 is 51.3. The minimum absolute atomic E-state index is 0.0795. The number of ether oxygens (including phenoxy) is 2. The van der Waals surface area contributed by atoms with Crippen molar-refractivity contribution in [2.75, 3.05) is 40.4 Å². The molecule has 0 aliphatic carbocycles. The van der Waals surface area contributed by atoms with Gasteiger partial charge in [-0.1, -0.05) is 0 Å².